The van der Waals surface area contributed by atoms with Crippen LogP contribution in [0.15, 0.2) is 36.5 Å². The van der Waals surface area contributed by atoms with Crippen LogP contribution in [0, 0.1) is 0 Å². The molecule has 1 aromatic carbocycles. The van der Waals surface area contributed by atoms with Crippen LogP contribution in [-0.2, 0) is 6.42 Å². The van der Waals surface area contributed by atoms with Gasteiger partial charge in [-0.25, -0.2) is 9.97 Å². The molecule has 6 nitrogen and oxygen atoms in total. The first kappa shape index (κ1) is 14.9. The molecule has 0 bridgehead atoms. The summed E-state index contributed by atoms with van der Waals surface area (Å²) in [4.78, 5) is 19.8. The maximum Gasteiger partial charge on any atom is 0.252 e. The van der Waals surface area contributed by atoms with Crippen molar-refractivity contribution < 1.29 is 4.79 Å². The second-order valence-corrected chi connectivity index (χ2v) is 4.73. The fourth-order valence-corrected chi connectivity index (χ4v) is 2.04. The third-order valence-corrected chi connectivity index (χ3v) is 3.16. The maximum absolute atomic E-state index is 11.3. The molecule has 1 amide bonds. The van der Waals surface area contributed by atoms with Gasteiger partial charge in [-0.15, -0.1) is 0 Å². The molecule has 110 valence electrons. The van der Waals surface area contributed by atoms with Crippen molar-refractivity contribution in [1.82, 2.24) is 9.97 Å². The standard InChI is InChI=1S/C15H19N5O/c1-10(11-5-3-2-4-6-11)19-15-18-9-12(14(17)21)13(20-15)7-8-16/h2-6,9-10H,7-8,16H2,1H3,(H2,17,21)(H,18,19,20). The first-order valence-corrected chi connectivity index (χ1v) is 6.79. The molecule has 0 spiro atoms. The predicted octanol–water partition coefficient (Wildman–Crippen LogP) is 1.25. The summed E-state index contributed by atoms with van der Waals surface area (Å²) in [7, 11) is 0. The quantitative estimate of drug-likeness (QED) is 0.740. The third kappa shape index (κ3) is 3.76. The number of aromatic nitrogens is 2. The van der Waals surface area contributed by atoms with Gasteiger partial charge in [0.05, 0.1) is 17.3 Å². The molecule has 0 saturated heterocycles. The van der Waals surface area contributed by atoms with Crippen molar-refractivity contribution >= 4 is 11.9 Å². The minimum Gasteiger partial charge on any atom is -0.365 e. The van der Waals surface area contributed by atoms with Crippen molar-refractivity contribution in [2.75, 3.05) is 11.9 Å². The fourth-order valence-electron chi connectivity index (χ4n) is 2.04. The Morgan fingerprint density at radius 2 is 2.05 bits per heavy atom. The van der Waals surface area contributed by atoms with Gasteiger partial charge in [0.15, 0.2) is 0 Å². The molecule has 0 aliphatic heterocycles. The Labute approximate surface area is 123 Å². The largest absolute Gasteiger partial charge is 0.365 e. The van der Waals surface area contributed by atoms with Gasteiger partial charge >= 0.3 is 0 Å². The average Bonchev–Trinajstić information content (AvgIpc) is 2.48. The van der Waals surface area contributed by atoms with Crippen molar-refractivity contribution in [1.29, 1.82) is 0 Å². The van der Waals surface area contributed by atoms with Crippen LogP contribution in [0.1, 0.15) is 34.6 Å². The highest BCUT2D eigenvalue weighted by Crippen LogP contribution is 2.17. The Hall–Kier alpha value is -2.47. The lowest BCUT2D eigenvalue weighted by Crippen LogP contribution is -2.19. The molecule has 1 aromatic heterocycles. The van der Waals surface area contributed by atoms with E-state index in [1.807, 2.05) is 37.3 Å². The molecule has 1 heterocycles. The molecule has 6 heteroatoms. The lowest BCUT2D eigenvalue weighted by molar-refractivity contribution is 0.0998. The number of hydrogen-bond donors (Lipinski definition) is 3. The third-order valence-electron chi connectivity index (χ3n) is 3.16. The van der Waals surface area contributed by atoms with E-state index in [4.69, 9.17) is 11.5 Å². The van der Waals surface area contributed by atoms with E-state index in [-0.39, 0.29) is 6.04 Å². The molecular formula is C15H19N5O. The van der Waals surface area contributed by atoms with Crippen LogP contribution in [0.25, 0.3) is 0 Å². The molecule has 21 heavy (non-hydrogen) atoms. The molecule has 0 fully saturated rings. The molecule has 1 unspecified atom stereocenters. The molecule has 2 rings (SSSR count). The summed E-state index contributed by atoms with van der Waals surface area (Å²) < 4.78 is 0. The van der Waals surface area contributed by atoms with Gasteiger partial charge in [0, 0.05) is 12.6 Å². The zero-order chi connectivity index (χ0) is 15.2. The van der Waals surface area contributed by atoms with E-state index >= 15 is 0 Å². The molecule has 0 aliphatic carbocycles. The number of benzene rings is 1. The first-order valence-electron chi connectivity index (χ1n) is 6.79. The van der Waals surface area contributed by atoms with Crippen LogP contribution in [0.5, 0.6) is 0 Å². The molecular weight excluding hydrogens is 266 g/mol. The predicted molar refractivity (Wildman–Crippen MR) is 81.8 cm³/mol. The smallest absolute Gasteiger partial charge is 0.252 e. The molecule has 1 atom stereocenters. The van der Waals surface area contributed by atoms with Crippen molar-refractivity contribution in [2.45, 2.75) is 19.4 Å². The lowest BCUT2D eigenvalue weighted by atomic mass is 10.1. The minimum atomic E-state index is -0.541. The van der Waals surface area contributed by atoms with Gasteiger partial charge in [-0.3, -0.25) is 4.79 Å². The number of nitrogens with one attached hydrogen (secondary N) is 1. The van der Waals surface area contributed by atoms with E-state index in [2.05, 4.69) is 15.3 Å². The highest BCUT2D eigenvalue weighted by atomic mass is 16.1. The number of carbonyl (C=O) groups is 1. The van der Waals surface area contributed by atoms with Gasteiger partial charge in [-0.05, 0) is 19.0 Å². The number of nitrogens with zero attached hydrogens (tertiary/aromatic N) is 2. The monoisotopic (exact) mass is 285 g/mol. The van der Waals surface area contributed by atoms with Crippen molar-refractivity contribution in [2.24, 2.45) is 11.5 Å². The zero-order valence-corrected chi connectivity index (χ0v) is 11.9. The van der Waals surface area contributed by atoms with Crippen LogP contribution in [-0.4, -0.2) is 22.4 Å². The van der Waals surface area contributed by atoms with Crippen molar-refractivity contribution in [3.05, 3.63) is 53.3 Å². The Bertz CT molecular complexity index is 615. The lowest BCUT2D eigenvalue weighted by Gasteiger charge is -2.15. The van der Waals surface area contributed by atoms with Crippen LogP contribution in [0.2, 0.25) is 0 Å². The summed E-state index contributed by atoms with van der Waals surface area (Å²) in [6.07, 6.45) is 1.93. The summed E-state index contributed by atoms with van der Waals surface area (Å²) in [5, 5.41) is 3.21. The van der Waals surface area contributed by atoms with Crippen molar-refractivity contribution in [3.8, 4) is 0 Å². The van der Waals surface area contributed by atoms with E-state index in [0.29, 0.717) is 30.2 Å². The fraction of sp³-hybridized carbons (Fsp3) is 0.267. The minimum absolute atomic E-state index is 0.0522. The van der Waals surface area contributed by atoms with Crippen LogP contribution in [0.3, 0.4) is 0 Å². The molecule has 0 aliphatic rings. The van der Waals surface area contributed by atoms with Crippen LogP contribution < -0.4 is 16.8 Å². The van der Waals surface area contributed by atoms with E-state index in [1.54, 1.807) is 0 Å². The van der Waals surface area contributed by atoms with E-state index in [0.717, 1.165) is 5.56 Å². The first-order chi connectivity index (χ1) is 10.1. The van der Waals surface area contributed by atoms with E-state index < -0.39 is 5.91 Å². The van der Waals surface area contributed by atoms with Gasteiger partial charge in [0.25, 0.3) is 5.91 Å². The number of amides is 1. The molecule has 5 N–H and O–H groups in total. The Kier molecular flexibility index (Phi) is 4.84. The second kappa shape index (κ2) is 6.81. The highest BCUT2D eigenvalue weighted by Gasteiger charge is 2.13. The van der Waals surface area contributed by atoms with Crippen LogP contribution in [0.4, 0.5) is 5.95 Å². The molecule has 2 aromatic rings. The average molecular weight is 285 g/mol. The number of hydrogen-bond acceptors (Lipinski definition) is 5. The Balaban J connectivity index is 2.21. The van der Waals surface area contributed by atoms with Gasteiger partial charge in [0.2, 0.25) is 5.95 Å². The Morgan fingerprint density at radius 3 is 2.67 bits per heavy atom. The summed E-state index contributed by atoms with van der Waals surface area (Å²) >= 11 is 0. The van der Waals surface area contributed by atoms with E-state index in [9.17, 15) is 4.79 Å². The Morgan fingerprint density at radius 1 is 1.33 bits per heavy atom. The van der Waals surface area contributed by atoms with E-state index in [1.165, 1.54) is 6.20 Å². The number of rotatable bonds is 6. The maximum atomic E-state index is 11.3. The summed E-state index contributed by atoms with van der Waals surface area (Å²) in [6, 6.07) is 10.0. The number of nitrogens with two attached hydrogens (primary N) is 2. The second-order valence-electron chi connectivity index (χ2n) is 4.73. The van der Waals surface area contributed by atoms with Gasteiger partial charge in [0.1, 0.15) is 0 Å². The summed E-state index contributed by atoms with van der Waals surface area (Å²) in [5.74, 6) is -0.0825. The summed E-state index contributed by atoms with van der Waals surface area (Å²) in [6.45, 7) is 2.41. The molecule has 0 saturated carbocycles. The van der Waals surface area contributed by atoms with Crippen molar-refractivity contribution in [3.63, 3.8) is 0 Å². The van der Waals surface area contributed by atoms with Gasteiger partial charge in [-0.2, -0.15) is 0 Å². The topological polar surface area (TPSA) is 107 Å². The van der Waals surface area contributed by atoms with Gasteiger partial charge in [-0.1, -0.05) is 30.3 Å². The highest BCUT2D eigenvalue weighted by molar-refractivity contribution is 5.93. The SMILES string of the molecule is CC(Nc1ncc(C(N)=O)c(CCN)n1)c1ccccc1. The number of anilines is 1. The summed E-state index contributed by atoms with van der Waals surface area (Å²) in [5.41, 5.74) is 12.9. The number of carbonyl (C=O) groups excluding carboxylic acids is 1. The zero-order valence-electron chi connectivity index (χ0n) is 11.9. The van der Waals surface area contributed by atoms with Crippen LogP contribution >= 0.6 is 0 Å². The van der Waals surface area contributed by atoms with Gasteiger partial charge < -0.3 is 16.8 Å². The number of primary amides is 1. The normalized spacial score (nSPS) is 11.9. The molecule has 0 radical (unpaired) electrons.